The van der Waals surface area contributed by atoms with Gasteiger partial charge in [0.15, 0.2) is 0 Å². The number of anilines is 1. The Kier molecular flexibility index (Phi) is 3.33. The van der Waals surface area contributed by atoms with Gasteiger partial charge in [-0.2, -0.15) is 0 Å². The van der Waals surface area contributed by atoms with Crippen molar-refractivity contribution in [2.75, 3.05) is 5.32 Å². The highest BCUT2D eigenvalue weighted by Crippen LogP contribution is 2.38. The Morgan fingerprint density at radius 3 is 2.50 bits per heavy atom. The fourth-order valence-electron chi connectivity index (χ4n) is 2.43. The zero-order chi connectivity index (χ0) is 12.4. The smallest absolute Gasteiger partial charge is 0.106 e. The molecule has 1 heterocycles. The quantitative estimate of drug-likeness (QED) is 0.860. The number of halogens is 1. The third-order valence-electron chi connectivity index (χ3n) is 3.51. The van der Waals surface area contributed by atoms with Gasteiger partial charge >= 0.3 is 0 Å². The van der Waals surface area contributed by atoms with E-state index in [4.69, 9.17) is 0 Å². The summed E-state index contributed by atoms with van der Waals surface area (Å²) in [5, 5.41) is 3.52. The van der Waals surface area contributed by atoms with E-state index in [1.54, 1.807) is 0 Å². The monoisotopic (exact) mass is 302 g/mol. The molecule has 0 amide bonds. The van der Waals surface area contributed by atoms with Crippen LogP contribution in [0.15, 0.2) is 53.3 Å². The van der Waals surface area contributed by atoms with Gasteiger partial charge in [0.05, 0.1) is 11.9 Å². The van der Waals surface area contributed by atoms with Gasteiger partial charge in [-0.25, -0.2) is 4.98 Å². The third-order valence-corrected chi connectivity index (χ3v) is 3.98. The normalized spacial score (nSPS) is 22.3. The lowest BCUT2D eigenvalue weighted by molar-refractivity contribution is 0.374. The molecule has 1 aromatic carbocycles. The van der Waals surface area contributed by atoms with Crippen molar-refractivity contribution in [3.05, 3.63) is 58.8 Å². The minimum Gasteiger partial charge on any atom is -0.381 e. The third kappa shape index (κ3) is 2.56. The summed E-state index contributed by atoms with van der Waals surface area (Å²) in [6.07, 6.45) is 4.29. The molecule has 0 atom stereocenters. The standard InChI is InChI=1S/C15H15BrN2/c16-15-7-6-13(10-17-15)18-14-8-12(9-14)11-4-2-1-3-5-11/h1-7,10,12,14,18H,8-9H2. The molecule has 1 N–H and O–H groups in total. The van der Waals surface area contributed by atoms with Gasteiger partial charge in [0.25, 0.3) is 0 Å². The first-order valence-corrected chi connectivity index (χ1v) is 7.03. The summed E-state index contributed by atoms with van der Waals surface area (Å²) in [6, 6.07) is 15.4. The molecule has 18 heavy (non-hydrogen) atoms. The molecule has 0 bridgehead atoms. The van der Waals surface area contributed by atoms with E-state index in [0.29, 0.717) is 12.0 Å². The van der Waals surface area contributed by atoms with E-state index in [1.165, 1.54) is 18.4 Å². The summed E-state index contributed by atoms with van der Waals surface area (Å²) in [4.78, 5) is 4.22. The molecule has 1 aromatic heterocycles. The van der Waals surface area contributed by atoms with Gasteiger partial charge in [-0.3, -0.25) is 0 Å². The van der Waals surface area contributed by atoms with Crippen molar-refractivity contribution in [2.24, 2.45) is 0 Å². The van der Waals surface area contributed by atoms with E-state index in [9.17, 15) is 0 Å². The maximum Gasteiger partial charge on any atom is 0.106 e. The Morgan fingerprint density at radius 2 is 1.83 bits per heavy atom. The van der Waals surface area contributed by atoms with Crippen LogP contribution in [0.3, 0.4) is 0 Å². The summed E-state index contributed by atoms with van der Waals surface area (Å²) >= 11 is 3.34. The van der Waals surface area contributed by atoms with E-state index in [0.717, 1.165) is 10.3 Å². The van der Waals surface area contributed by atoms with Crippen molar-refractivity contribution in [3.8, 4) is 0 Å². The molecule has 1 aliphatic carbocycles. The zero-order valence-electron chi connectivity index (χ0n) is 10.0. The summed E-state index contributed by atoms with van der Waals surface area (Å²) in [6.45, 7) is 0. The summed E-state index contributed by atoms with van der Waals surface area (Å²) in [7, 11) is 0. The van der Waals surface area contributed by atoms with E-state index in [2.05, 4.69) is 62.6 Å². The van der Waals surface area contributed by atoms with Crippen molar-refractivity contribution in [1.29, 1.82) is 0 Å². The van der Waals surface area contributed by atoms with Gasteiger partial charge in [0, 0.05) is 6.04 Å². The zero-order valence-corrected chi connectivity index (χ0v) is 11.6. The second kappa shape index (κ2) is 5.11. The predicted octanol–water partition coefficient (Wildman–Crippen LogP) is 4.20. The van der Waals surface area contributed by atoms with Crippen LogP contribution in [-0.4, -0.2) is 11.0 Å². The molecular weight excluding hydrogens is 288 g/mol. The predicted molar refractivity (Wildman–Crippen MR) is 77.8 cm³/mol. The Hall–Kier alpha value is -1.35. The molecule has 3 rings (SSSR count). The van der Waals surface area contributed by atoms with Crippen LogP contribution < -0.4 is 5.32 Å². The fourth-order valence-corrected chi connectivity index (χ4v) is 2.66. The molecular formula is C15H15BrN2. The van der Waals surface area contributed by atoms with Gasteiger partial charge in [0.2, 0.25) is 0 Å². The Balaban J connectivity index is 1.55. The molecule has 1 fully saturated rings. The van der Waals surface area contributed by atoms with Crippen molar-refractivity contribution in [2.45, 2.75) is 24.8 Å². The van der Waals surface area contributed by atoms with Gasteiger partial charge in [-0.05, 0) is 52.4 Å². The summed E-state index contributed by atoms with van der Waals surface area (Å²) < 4.78 is 0.879. The lowest BCUT2D eigenvalue weighted by Gasteiger charge is -2.36. The molecule has 92 valence electrons. The average molecular weight is 303 g/mol. The van der Waals surface area contributed by atoms with Crippen LogP contribution in [0, 0.1) is 0 Å². The van der Waals surface area contributed by atoms with Crippen LogP contribution in [0.4, 0.5) is 5.69 Å². The van der Waals surface area contributed by atoms with Crippen molar-refractivity contribution >= 4 is 21.6 Å². The van der Waals surface area contributed by atoms with Crippen molar-refractivity contribution in [3.63, 3.8) is 0 Å². The van der Waals surface area contributed by atoms with Crippen LogP contribution in [0.5, 0.6) is 0 Å². The van der Waals surface area contributed by atoms with Crippen molar-refractivity contribution < 1.29 is 0 Å². The van der Waals surface area contributed by atoms with Gasteiger partial charge in [-0.15, -0.1) is 0 Å². The van der Waals surface area contributed by atoms with Crippen LogP contribution >= 0.6 is 15.9 Å². The lowest BCUT2D eigenvalue weighted by Crippen LogP contribution is -2.33. The first-order valence-electron chi connectivity index (χ1n) is 6.24. The highest BCUT2D eigenvalue weighted by atomic mass is 79.9. The number of hydrogen-bond acceptors (Lipinski definition) is 2. The first kappa shape index (κ1) is 11.7. The number of benzene rings is 1. The van der Waals surface area contributed by atoms with Gasteiger partial charge in [0.1, 0.15) is 4.60 Å². The summed E-state index contributed by atoms with van der Waals surface area (Å²) in [5.41, 5.74) is 2.57. The Morgan fingerprint density at radius 1 is 1.06 bits per heavy atom. The molecule has 3 heteroatoms. The molecule has 2 nitrogen and oxygen atoms in total. The number of rotatable bonds is 3. The maximum atomic E-state index is 4.22. The fraction of sp³-hybridized carbons (Fsp3) is 0.267. The first-order chi connectivity index (χ1) is 8.81. The number of hydrogen-bond donors (Lipinski definition) is 1. The van der Waals surface area contributed by atoms with Crippen LogP contribution in [0.2, 0.25) is 0 Å². The number of pyridine rings is 1. The molecule has 1 saturated carbocycles. The highest BCUT2D eigenvalue weighted by molar-refractivity contribution is 9.10. The molecule has 0 radical (unpaired) electrons. The molecule has 0 spiro atoms. The van der Waals surface area contributed by atoms with E-state index in [1.807, 2.05) is 12.3 Å². The van der Waals surface area contributed by atoms with Crippen LogP contribution in [0.25, 0.3) is 0 Å². The van der Waals surface area contributed by atoms with Crippen LogP contribution in [0.1, 0.15) is 24.3 Å². The largest absolute Gasteiger partial charge is 0.381 e. The van der Waals surface area contributed by atoms with E-state index < -0.39 is 0 Å². The molecule has 2 aromatic rings. The lowest BCUT2D eigenvalue weighted by atomic mass is 9.76. The van der Waals surface area contributed by atoms with Gasteiger partial charge in [-0.1, -0.05) is 30.3 Å². The molecule has 0 unspecified atom stereocenters. The Bertz CT molecular complexity index is 504. The topological polar surface area (TPSA) is 24.9 Å². The van der Waals surface area contributed by atoms with E-state index >= 15 is 0 Å². The van der Waals surface area contributed by atoms with E-state index in [-0.39, 0.29) is 0 Å². The number of nitrogens with one attached hydrogen (secondary N) is 1. The number of nitrogens with zero attached hydrogens (tertiary/aromatic N) is 1. The molecule has 0 aliphatic heterocycles. The highest BCUT2D eigenvalue weighted by Gasteiger charge is 2.29. The Labute approximate surface area is 116 Å². The van der Waals surface area contributed by atoms with Gasteiger partial charge < -0.3 is 5.32 Å². The second-order valence-corrected chi connectivity index (χ2v) is 5.60. The maximum absolute atomic E-state index is 4.22. The minimum absolute atomic E-state index is 0.582. The average Bonchev–Trinajstić information content (AvgIpc) is 2.36. The van der Waals surface area contributed by atoms with Crippen molar-refractivity contribution in [1.82, 2.24) is 4.98 Å². The molecule has 0 saturated heterocycles. The summed E-state index contributed by atoms with van der Waals surface area (Å²) in [5.74, 6) is 0.715. The molecule has 1 aliphatic rings. The van der Waals surface area contributed by atoms with Crippen LogP contribution in [-0.2, 0) is 0 Å². The number of aromatic nitrogens is 1. The second-order valence-electron chi connectivity index (χ2n) is 4.79. The minimum atomic E-state index is 0.582. The SMILES string of the molecule is Brc1ccc(NC2CC(c3ccccc3)C2)cn1.